The molecular weight excluding hydrogens is 309 g/mol. The highest BCUT2D eigenvalue weighted by Crippen LogP contribution is 2.21. The van der Waals surface area contributed by atoms with Gasteiger partial charge in [-0.25, -0.2) is 17.5 Å². The normalized spacial score (nSPS) is 13.7. The molecule has 1 aromatic carbocycles. The van der Waals surface area contributed by atoms with Crippen LogP contribution in [0.25, 0.3) is 0 Å². The number of rotatable bonds is 4. The number of benzene rings is 1. The van der Waals surface area contributed by atoms with Crippen molar-refractivity contribution < 1.29 is 12.8 Å². The Bertz CT molecular complexity index is 491. The lowest BCUT2D eigenvalue weighted by Gasteiger charge is -2.13. The van der Waals surface area contributed by atoms with Gasteiger partial charge in [0.05, 0.1) is 4.90 Å². The van der Waals surface area contributed by atoms with Gasteiger partial charge in [0.2, 0.25) is 10.0 Å². The third kappa shape index (κ3) is 3.76. The molecule has 1 unspecified atom stereocenters. The van der Waals surface area contributed by atoms with Crippen LogP contribution < -0.4 is 4.72 Å². The first-order valence-corrected chi connectivity index (χ1v) is 7.54. The molecule has 0 amide bonds. The molecule has 0 bridgehead atoms. The fraction of sp³-hybridized carbons (Fsp3) is 0.455. The summed E-state index contributed by atoms with van der Waals surface area (Å²) in [5.74, 6) is -0.423. The van der Waals surface area contributed by atoms with Crippen LogP contribution in [0.3, 0.4) is 0 Å². The van der Waals surface area contributed by atoms with Crippen LogP contribution in [-0.2, 0) is 10.0 Å². The van der Waals surface area contributed by atoms with Crippen molar-refractivity contribution in [2.45, 2.75) is 30.5 Å². The summed E-state index contributed by atoms with van der Waals surface area (Å²) < 4.78 is 39.6. The summed E-state index contributed by atoms with van der Waals surface area (Å²) in [5.41, 5.74) is 0.828. The molecular formula is C11H15BrFNO2S. The van der Waals surface area contributed by atoms with E-state index in [1.807, 2.05) is 6.92 Å². The molecule has 1 atom stereocenters. The maximum atomic E-state index is 13.1. The average Bonchev–Trinajstić information content (AvgIpc) is 2.12. The van der Waals surface area contributed by atoms with E-state index in [4.69, 9.17) is 0 Å². The van der Waals surface area contributed by atoms with Gasteiger partial charge in [0, 0.05) is 11.4 Å². The Labute approximate surface area is 110 Å². The largest absolute Gasteiger partial charge is 0.241 e. The van der Waals surface area contributed by atoms with Crippen molar-refractivity contribution in [3.05, 3.63) is 29.1 Å². The second-order valence-electron chi connectivity index (χ2n) is 4.00. The van der Waals surface area contributed by atoms with E-state index in [2.05, 4.69) is 20.7 Å². The van der Waals surface area contributed by atoms with E-state index < -0.39 is 15.8 Å². The van der Waals surface area contributed by atoms with Gasteiger partial charge < -0.3 is 0 Å². The van der Waals surface area contributed by atoms with Crippen LogP contribution in [0.5, 0.6) is 0 Å². The molecule has 17 heavy (non-hydrogen) atoms. The van der Waals surface area contributed by atoms with Gasteiger partial charge in [-0.1, -0.05) is 22.9 Å². The van der Waals surface area contributed by atoms with Crippen molar-refractivity contribution in [3.8, 4) is 0 Å². The number of sulfonamides is 1. The first-order chi connectivity index (χ1) is 7.74. The first kappa shape index (κ1) is 14.6. The Kier molecular flexibility index (Phi) is 4.69. The number of hydrogen-bond donors (Lipinski definition) is 1. The zero-order chi connectivity index (χ0) is 13.2. The second kappa shape index (κ2) is 5.46. The van der Waals surface area contributed by atoms with Gasteiger partial charge in [0.1, 0.15) is 5.82 Å². The number of hydrogen-bond acceptors (Lipinski definition) is 2. The van der Waals surface area contributed by atoms with Gasteiger partial charge in [-0.15, -0.1) is 0 Å². The minimum atomic E-state index is -3.58. The van der Waals surface area contributed by atoms with Gasteiger partial charge >= 0.3 is 0 Å². The summed E-state index contributed by atoms with van der Waals surface area (Å²) >= 11 is 3.26. The van der Waals surface area contributed by atoms with Crippen LogP contribution in [0, 0.1) is 19.7 Å². The SMILES string of the molecule is Cc1cc(F)cc(C)c1S(=O)(=O)NCC(C)Br. The quantitative estimate of drug-likeness (QED) is 0.865. The Morgan fingerprint density at radius 1 is 1.35 bits per heavy atom. The number of alkyl halides is 1. The second-order valence-corrected chi connectivity index (χ2v) is 7.27. The Morgan fingerprint density at radius 2 is 1.82 bits per heavy atom. The van der Waals surface area contributed by atoms with Crippen molar-refractivity contribution in [1.82, 2.24) is 4.72 Å². The first-order valence-electron chi connectivity index (χ1n) is 5.14. The van der Waals surface area contributed by atoms with E-state index in [1.54, 1.807) is 13.8 Å². The van der Waals surface area contributed by atoms with Crippen molar-refractivity contribution in [3.63, 3.8) is 0 Å². The lowest BCUT2D eigenvalue weighted by atomic mass is 10.1. The lowest BCUT2D eigenvalue weighted by Crippen LogP contribution is -2.29. The topological polar surface area (TPSA) is 46.2 Å². The van der Waals surface area contributed by atoms with Gasteiger partial charge in [-0.2, -0.15) is 0 Å². The standard InChI is InChI=1S/C11H15BrFNO2S/c1-7-4-10(13)5-8(2)11(7)17(15,16)14-6-9(3)12/h4-5,9,14H,6H2,1-3H3. The van der Waals surface area contributed by atoms with Gasteiger partial charge in [0.25, 0.3) is 0 Å². The summed E-state index contributed by atoms with van der Waals surface area (Å²) in [6.07, 6.45) is 0. The van der Waals surface area contributed by atoms with Crippen molar-refractivity contribution in [1.29, 1.82) is 0 Å². The molecule has 0 spiro atoms. The monoisotopic (exact) mass is 323 g/mol. The Hall–Kier alpha value is -0.460. The summed E-state index contributed by atoms with van der Waals surface area (Å²) in [5, 5.41) is 0. The van der Waals surface area contributed by atoms with E-state index in [9.17, 15) is 12.8 Å². The summed E-state index contributed by atoms with van der Waals surface area (Å²) in [7, 11) is -3.58. The Morgan fingerprint density at radius 3 is 2.24 bits per heavy atom. The highest BCUT2D eigenvalue weighted by atomic mass is 79.9. The molecule has 0 saturated carbocycles. The van der Waals surface area contributed by atoms with Gasteiger partial charge in [-0.3, -0.25) is 0 Å². The van der Waals surface area contributed by atoms with Gasteiger partial charge in [-0.05, 0) is 37.1 Å². The molecule has 1 aromatic rings. The van der Waals surface area contributed by atoms with Crippen LogP contribution >= 0.6 is 15.9 Å². The van der Waals surface area contributed by atoms with E-state index >= 15 is 0 Å². The van der Waals surface area contributed by atoms with Crippen molar-refractivity contribution >= 4 is 26.0 Å². The maximum absolute atomic E-state index is 13.1. The van der Waals surface area contributed by atoms with Crippen LogP contribution in [0.2, 0.25) is 0 Å². The predicted octanol–water partition coefficient (Wildman–Crippen LogP) is 2.50. The number of nitrogens with one attached hydrogen (secondary N) is 1. The minimum absolute atomic E-state index is 0.0401. The Balaban J connectivity index is 3.16. The van der Waals surface area contributed by atoms with Crippen molar-refractivity contribution in [2.24, 2.45) is 0 Å². The average molecular weight is 324 g/mol. The molecule has 0 heterocycles. The fourth-order valence-corrected chi connectivity index (χ4v) is 3.57. The van der Waals surface area contributed by atoms with Crippen molar-refractivity contribution in [2.75, 3.05) is 6.54 Å². The molecule has 0 aliphatic rings. The highest BCUT2D eigenvalue weighted by molar-refractivity contribution is 9.09. The zero-order valence-electron chi connectivity index (χ0n) is 9.92. The molecule has 0 aliphatic heterocycles. The highest BCUT2D eigenvalue weighted by Gasteiger charge is 2.20. The minimum Gasteiger partial charge on any atom is -0.210 e. The van der Waals surface area contributed by atoms with E-state index in [1.165, 1.54) is 12.1 Å². The molecule has 0 aliphatic carbocycles. The lowest BCUT2D eigenvalue weighted by molar-refractivity contribution is 0.579. The predicted molar refractivity (Wildman–Crippen MR) is 69.5 cm³/mol. The smallest absolute Gasteiger partial charge is 0.210 e. The van der Waals surface area contributed by atoms with Gasteiger partial charge in [0.15, 0.2) is 0 Å². The summed E-state index contributed by atoms with van der Waals surface area (Å²) in [6.45, 7) is 5.30. The molecule has 1 rings (SSSR count). The van der Waals surface area contributed by atoms with E-state index in [-0.39, 0.29) is 9.72 Å². The zero-order valence-corrected chi connectivity index (χ0v) is 12.3. The summed E-state index contributed by atoms with van der Waals surface area (Å²) in [6, 6.07) is 2.44. The van der Waals surface area contributed by atoms with Crippen LogP contribution in [0.1, 0.15) is 18.1 Å². The molecule has 0 fully saturated rings. The number of aryl methyl sites for hydroxylation is 2. The molecule has 3 nitrogen and oxygen atoms in total. The molecule has 0 aromatic heterocycles. The van der Waals surface area contributed by atoms with Crippen LogP contribution in [0.4, 0.5) is 4.39 Å². The number of halogens is 2. The molecule has 0 radical (unpaired) electrons. The molecule has 96 valence electrons. The fourth-order valence-electron chi connectivity index (χ4n) is 1.62. The summed E-state index contributed by atoms with van der Waals surface area (Å²) in [4.78, 5) is 0.199. The molecule has 6 heteroatoms. The van der Waals surface area contributed by atoms with E-state index in [0.29, 0.717) is 17.7 Å². The third-order valence-electron chi connectivity index (χ3n) is 2.25. The maximum Gasteiger partial charge on any atom is 0.241 e. The molecule has 0 saturated heterocycles. The van der Waals surface area contributed by atoms with Crippen LogP contribution in [0.15, 0.2) is 17.0 Å². The third-order valence-corrected chi connectivity index (χ3v) is 4.30. The van der Waals surface area contributed by atoms with E-state index in [0.717, 1.165) is 0 Å². The molecule has 1 N–H and O–H groups in total. The van der Waals surface area contributed by atoms with Crippen LogP contribution in [-0.4, -0.2) is 19.8 Å².